The fourth-order valence-electron chi connectivity index (χ4n) is 2.63. The number of quaternary nitrogens is 1. The third-order valence-corrected chi connectivity index (χ3v) is 4.50. The second-order valence-electron chi connectivity index (χ2n) is 6.22. The third-order valence-electron chi connectivity index (χ3n) is 4.50. The first kappa shape index (κ1) is 23.8. The number of nitrogens with zero attached hydrogens (tertiary/aromatic N) is 1. The van der Waals surface area contributed by atoms with E-state index in [0.717, 1.165) is 26.2 Å². The topological polar surface area (TPSA) is 36.9 Å². The van der Waals surface area contributed by atoms with E-state index in [0.29, 0.717) is 39.6 Å². The molecule has 0 spiro atoms. The second kappa shape index (κ2) is 17.6. The molecule has 0 unspecified atom stereocenters. The van der Waals surface area contributed by atoms with Gasteiger partial charge in [0.15, 0.2) is 0 Å². The number of ether oxygens (including phenoxy) is 4. The maximum atomic E-state index is 5.74. The molecule has 0 bridgehead atoms. The highest BCUT2D eigenvalue weighted by Gasteiger charge is 2.21. The molecule has 0 N–H and O–H groups in total. The molecule has 0 aliphatic rings. The largest absolute Gasteiger partial charge is 0.379 e. The van der Waals surface area contributed by atoms with Crippen LogP contribution in [0.25, 0.3) is 0 Å². The zero-order valence-electron chi connectivity index (χ0n) is 16.7. The highest BCUT2D eigenvalue weighted by Crippen LogP contribution is 2.09. The first-order valence-electron chi connectivity index (χ1n) is 9.90. The first-order valence-corrected chi connectivity index (χ1v) is 9.90. The zero-order valence-corrected chi connectivity index (χ0v) is 16.7. The highest BCUT2D eigenvalue weighted by atomic mass is 16.6. The molecule has 0 atom stereocenters. The number of rotatable bonds is 19. The highest BCUT2D eigenvalue weighted by molar-refractivity contribution is 4.43. The van der Waals surface area contributed by atoms with Crippen LogP contribution in [0, 0.1) is 0 Å². The normalized spacial score (nSPS) is 12.0. The molecule has 0 aromatic carbocycles. The summed E-state index contributed by atoms with van der Waals surface area (Å²) in [5.74, 6) is 0. The summed E-state index contributed by atoms with van der Waals surface area (Å²) in [5, 5.41) is 0. The quantitative estimate of drug-likeness (QED) is 0.265. The van der Waals surface area contributed by atoms with Crippen LogP contribution in [0.4, 0.5) is 0 Å². The summed E-state index contributed by atoms with van der Waals surface area (Å²) in [5.41, 5.74) is 0. The van der Waals surface area contributed by atoms with Crippen LogP contribution >= 0.6 is 0 Å². The molecule has 0 saturated heterocycles. The second-order valence-corrected chi connectivity index (χ2v) is 6.22. The zero-order chi connectivity index (χ0) is 17.9. The van der Waals surface area contributed by atoms with E-state index in [1.807, 2.05) is 0 Å². The van der Waals surface area contributed by atoms with E-state index >= 15 is 0 Å². The molecule has 0 aliphatic heterocycles. The first-order chi connectivity index (χ1) is 11.7. The lowest BCUT2D eigenvalue weighted by atomic mass is 10.2. The molecular formula is C19H42NO4+. The Morgan fingerprint density at radius 3 is 1.38 bits per heavy atom. The molecule has 0 amide bonds. The summed E-state index contributed by atoms with van der Waals surface area (Å²) in [7, 11) is 0. The van der Waals surface area contributed by atoms with Gasteiger partial charge in [-0.1, -0.05) is 20.3 Å². The Morgan fingerprint density at radius 2 is 0.958 bits per heavy atom. The van der Waals surface area contributed by atoms with Crippen LogP contribution in [-0.2, 0) is 18.9 Å². The molecular weight excluding hydrogens is 306 g/mol. The molecule has 5 nitrogen and oxygen atoms in total. The Balaban J connectivity index is 3.42. The molecule has 24 heavy (non-hydrogen) atoms. The molecule has 0 saturated carbocycles. The number of likely N-dealkylation sites (N-methyl/N-ethyl adjacent to an activating group) is 1. The Hall–Kier alpha value is -0.200. The predicted molar refractivity (Wildman–Crippen MR) is 99.6 cm³/mol. The number of hydrogen-bond acceptors (Lipinski definition) is 4. The van der Waals surface area contributed by atoms with Crippen molar-refractivity contribution in [3.8, 4) is 0 Å². The molecule has 0 aromatic rings. The summed E-state index contributed by atoms with van der Waals surface area (Å²) >= 11 is 0. The molecule has 0 aromatic heterocycles. The van der Waals surface area contributed by atoms with Crippen LogP contribution in [0.15, 0.2) is 0 Å². The van der Waals surface area contributed by atoms with Gasteiger partial charge < -0.3 is 23.4 Å². The van der Waals surface area contributed by atoms with Gasteiger partial charge in [0.2, 0.25) is 0 Å². The van der Waals surface area contributed by atoms with Gasteiger partial charge in [-0.05, 0) is 26.7 Å². The van der Waals surface area contributed by atoms with Gasteiger partial charge in [0.05, 0.1) is 65.9 Å². The van der Waals surface area contributed by atoms with E-state index in [1.165, 1.54) is 37.0 Å². The van der Waals surface area contributed by atoms with Crippen molar-refractivity contribution in [1.82, 2.24) is 0 Å². The van der Waals surface area contributed by atoms with Gasteiger partial charge in [0.1, 0.15) is 6.54 Å². The van der Waals surface area contributed by atoms with Gasteiger partial charge in [0, 0.05) is 6.61 Å². The lowest BCUT2D eigenvalue weighted by molar-refractivity contribution is -0.925. The Bertz CT molecular complexity index is 248. The van der Waals surface area contributed by atoms with Crippen LogP contribution < -0.4 is 0 Å². The fraction of sp³-hybridized carbons (Fsp3) is 1.00. The van der Waals surface area contributed by atoms with Crippen LogP contribution in [0.2, 0.25) is 0 Å². The molecule has 0 heterocycles. The van der Waals surface area contributed by atoms with Crippen molar-refractivity contribution in [2.24, 2.45) is 0 Å². The third kappa shape index (κ3) is 13.1. The van der Waals surface area contributed by atoms with Crippen molar-refractivity contribution in [2.75, 3.05) is 79.0 Å². The molecule has 0 fully saturated rings. The predicted octanol–water partition coefficient (Wildman–Crippen LogP) is 3.12. The van der Waals surface area contributed by atoms with E-state index in [4.69, 9.17) is 18.9 Å². The Morgan fingerprint density at radius 1 is 0.500 bits per heavy atom. The maximum Gasteiger partial charge on any atom is 0.102 e. The van der Waals surface area contributed by atoms with Gasteiger partial charge in [-0.15, -0.1) is 0 Å². The fourth-order valence-corrected chi connectivity index (χ4v) is 2.63. The van der Waals surface area contributed by atoms with E-state index in [2.05, 4.69) is 27.7 Å². The van der Waals surface area contributed by atoms with Gasteiger partial charge in [0.25, 0.3) is 0 Å². The van der Waals surface area contributed by atoms with E-state index in [9.17, 15) is 0 Å². The molecule has 146 valence electrons. The van der Waals surface area contributed by atoms with Crippen molar-refractivity contribution in [3.05, 3.63) is 0 Å². The average molecular weight is 349 g/mol. The summed E-state index contributed by atoms with van der Waals surface area (Å²) < 4.78 is 23.2. The minimum Gasteiger partial charge on any atom is -0.379 e. The van der Waals surface area contributed by atoms with Crippen molar-refractivity contribution in [1.29, 1.82) is 0 Å². The molecule has 0 radical (unpaired) electrons. The lowest BCUT2D eigenvalue weighted by Gasteiger charge is -2.36. The van der Waals surface area contributed by atoms with Crippen LogP contribution in [0.3, 0.4) is 0 Å². The minimum atomic E-state index is 0.623. The summed E-state index contributed by atoms with van der Waals surface area (Å²) in [6.07, 6.45) is 3.62. The van der Waals surface area contributed by atoms with Crippen molar-refractivity contribution < 1.29 is 23.4 Å². The lowest BCUT2D eigenvalue weighted by Crippen LogP contribution is -2.50. The van der Waals surface area contributed by atoms with Gasteiger partial charge in [-0.3, -0.25) is 0 Å². The van der Waals surface area contributed by atoms with Gasteiger partial charge in [-0.25, -0.2) is 0 Å². The standard InChI is InChI=1S/C19H42NO4/c1-5-9-10-20(7-3,8-4)11-13-22-15-17-24-19-18-23-16-14-21-12-6-2/h5-19H2,1-4H3/q+1. The average Bonchev–Trinajstić information content (AvgIpc) is 2.62. The van der Waals surface area contributed by atoms with E-state index in [1.54, 1.807) is 0 Å². The van der Waals surface area contributed by atoms with Crippen LogP contribution in [-0.4, -0.2) is 83.5 Å². The Kier molecular flexibility index (Phi) is 17.5. The van der Waals surface area contributed by atoms with Gasteiger partial charge >= 0.3 is 0 Å². The van der Waals surface area contributed by atoms with Crippen molar-refractivity contribution in [2.45, 2.75) is 47.0 Å². The molecule has 5 heteroatoms. The molecule has 0 rings (SSSR count). The Labute approximate surface area is 150 Å². The monoisotopic (exact) mass is 348 g/mol. The smallest absolute Gasteiger partial charge is 0.102 e. The van der Waals surface area contributed by atoms with E-state index < -0.39 is 0 Å². The SMILES string of the molecule is CCCC[N+](CC)(CC)CCOCCOCCOCCOCCC. The number of hydrogen-bond donors (Lipinski definition) is 0. The van der Waals surface area contributed by atoms with Crippen LogP contribution in [0.1, 0.15) is 47.0 Å². The summed E-state index contributed by atoms with van der Waals surface area (Å²) in [6, 6.07) is 0. The summed E-state index contributed by atoms with van der Waals surface area (Å²) in [6.45, 7) is 19.2. The van der Waals surface area contributed by atoms with Crippen molar-refractivity contribution >= 4 is 0 Å². The maximum absolute atomic E-state index is 5.74. The van der Waals surface area contributed by atoms with Gasteiger partial charge in [-0.2, -0.15) is 0 Å². The van der Waals surface area contributed by atoms with Crippen LogP contribution in [0.5, 0.6) is 0 Å². The molecule has 0 aliphatic carbocycles. The number of unbranched alkanes of at least 4 members (excludes halogenated alkanes) is 1. The van der Waals surface area contributed by atoms with Crippen molar-refractivity contribution in [3.63, 3.8) is 0 Å². The minimum absolute atomic E-state index is 0.623. The van der Waals surface area contributed by atoms with E-state index in [-0.39, 0.29) is 0 Å². The summed E-state index contributed by atoms with van der Waals surface area (Å²) in [4.78, 5) is 0.